The van der Waals surface area contributed by atoms with E-state index in [4.69, 9.17) is 5.73 Å². The van der Waals surface area contributed by atoms with Gasteiger partial charge in [-0.25, -0.2) is 9.97 Å². The van der Waals surface area contributed by atoms with Crippen LogP contribution >= 0.6 is 0 Å². The molecule has 122 valence electrons. The van der Waals surface area contributed by atoms with E-state index in [9.17, 15) is 4.79 Å². The molecule has 1 amide bonds. The van der Waals surface area contributed by atoms with Gasteiger partial charge in [0, 0.05) is 12.1 Å². The standard InChI is InChI=1S/C18H18N5O/c19-15-9-20-18(21-10-15)14-3-1-2-12(8-14)11-23-17(24)7-6-16(22-23)13-4-5-13/h1-3,6-10,13,16H,4-5,11,19H2/q-1. The molecule has 2 N–H and O–H groups in total. The number of nitrogens with two attached hydrogens (primary N) is 1. The van der Waals surface area contributed by atoms with Gasteiger partial charge in [-0.2, -0.15) is 0 Å². The lowest BCUT2D eigenvalue weighted by atomic mass is 10.1. The average Bonchev–Trinajstić information content (AvgIpc) is 3.43. The molecule has 6 heteroatoms. The largest absolute Gasteiger partial charge is 0.559 e. The third-order valence-corrected chi connectivity index (χ3v) is 4.26. The van der Waals surface area contributed by atoms with Gasteiger partial charge in [-0.1, -0.05) is 49.1 Å². The van der Waals surface area contributed by atoms with E-state index in [1.807, 2.05) is 30.3 Å². The summed E-state index contributed by atoms with van der Waals surface area (Å²) >= 11 is 0. The summed E-state index contributed by atoms with van der Waals surface area (Å²) in [6, 6.07) is 7.99. The Bertz CT molecular complexity index is 782. The molecule has 0 radical (unpaired) electrons. The SMILES string of the molecule is Nc1cnc(-c2cccc(CN3[N-]C(C4CC4)C=CC3=O)c2)nc1. The van der Waals surface area contributed by atoms with Crippen molar-refractivity contribution in [2.75, 3.05) is 5.73 Å². The van der Waals surface area contributed by atoms with Crippen molar-refractivity contribution in [3.05, 3.63) is 59.8 Å². The van der Waals surface area contributed by atoms with Crippen LogP contribution in [0.3, 0.4) is 0 Å². The quantitative estimate of drug-likeness (QED) is 0.938. The Labute approximate surface area is 140 Å². The molecule has 6 nitrogen and oxygen atoms in total. The Hall–Kier alpha value is -2.73. The summed E-state index contributed by atoms with van der Waals surface area (Å²) in [4.78, 5) is 20.6. The van der Waals surface area contributed by atoms with Gasteiger partial charge in [-0.05, 0) is 17.7 Å². The Morgan fingerprint density at radius 3 is 2.79 bits per heavy atom. The number of nitrogen functional groups attached to an aromatic ring is 1. The second kappa shape index (κ2) is 6.05. The van der Waals surface area contributed by atoms with Crippen LogP contribution in [0.4, 0.5) is 5.69 Å². The summed E-state index contributed by atoms with van der Waals surface area (Å²) in [7, 11) is 0. The molecular formula is C18H18N5O-. The van der Waals surface area contributed by atoms with Gasteiger partial charge in [0.2, 0.25) is 5.91 Å². The highest BCUT2D eigenvalue weighted by molar-refractivity contribution is 5.89. The van der Waals surface area contributed by atoms with E-state index in [-0.39, 0.29) is 11.9 Å². The van der Waals surface area contributed by atoms with Crippen LogP contribution in [0.5, 0.6) is 0 Å². The van der Waals surface area contributed by atoms with Crippen LogP contribution in [-0.2, 0) is 11.3 Å². The highest BCUT2D eigenvalue weighted by Gasteiger charge is 2.26. The molecule has 2 heterocycles. The van der Waals surface area contributed by atoms with Crippen molar-refractivity contribution in [3.63, 3.8) is 0 Å². The maximum Gasteiger partial charge on any atom is 0.229 e. The van der Waals surface area contributed by atoms with Crippen molar-refractivity contribution in [1.82, 2.24) is 15.0 Å². The van der Waals surface area contributed by atoms with Crippen molar-refractivity contribution in [2.45, 2.75) is 25.4 Å². The zero-order chi connectivity index (χ0) is 16.5. The van der Waals surface area contributed by atoms with Crippen molar-refractivity contribution in [1.29, 1.82) is 0 Å². The van der Waals surface area contributed by atoms with Gasteiger partial charge in [0.25, 0.3) is 0 Å². The number of rotatable bonds is 4. The fraction of sp³-hybridized carbons (Fsp3) is 0.278. The van der Waals surface area contributed by atoms with Crippen molar-refractivity contribution in [2.24, 2.45) is 5.92 Å². The van der Waals surface area contributed by atoms with Crippen LogP contribution < -0.4 is 5.73 Å². The topological polar surface area (TPSA) is 86.2 Å². The van der Waals surface area contributed by atoms with E-state index in [2.05, 4.69) is 15.4 Å². The maximum absolute atomic E-state index is 12.1. The molecule has 1 aliphatic heterocycles. The number of carbonyl (C=O) groups excluding carboxylic acids is 1. The highest BCUT2D eigenvalue weighted by Crippen LogP contribution is 2.39. The molecule has 1 aromatic carbocycles. The Kier molecular flexibility index (Phi) is 3.74. The minimum Gasteiger partial charge on any atom is -0.559 e. The van der Waals surface area contributed by atoms with Crippen LogP contribution in [0.15, 0.2) is 48.8 Å². The first-order chi connectivity index (χ1) is 11.7. The van der Waals surface area contributed by atoms with Crippen molar-refractivity contribution < 1.29 is 4.79 Å². The third-order valence-electron chi connectivity index (χ3n) is 4.26. The minimum absolute atomic E-state index is 0.0685. The lowest BCUT2D eigenvalue weighted by molar-refractivity contribution is -0.125. The molecular weight excluding hydrogens is 302 g/mol. The Balaban J connectivity index is 1.52. The zero-order valence-corrected chi connectivity index (χ0v) is 13.2. The van der Waals surface area contributed by atoms with E-state index >= 15 is 0 Å². The maximum atomic E-state index is 12.1. The van der Waals surface area contributed by atoms with Gasteiger partial charge in [0.15, 0.2) is 5.82 Å². The van der Waals surface area contributed by atoms with Gasteiger partial charge in [0.05, 0.1) is 18.1 Å². The fourth-order valence-electron chi connectivity index (χ4n) is 2.80. The van der Waals surface area contributed by atoms with Gasteiger partial charge in [-0.3, -0.25) is 4.79 Å². The fourth-order valence-corrected chi connectivity index (χ4v) is 2.80. The molecule has 1 atom stereocenters. The molecule has 1 fully saturated rings. The predicted octanol–water partition coefficient (Wildman–Crippen LogP) is 2.69. The Morgan fingerprint density at radius 2 is 2.04 bits per heavy atom. The summed E-state index contributed by atoms with van der Waals surface area (Å²) in [6.07, 6.45) is 9.14. The monoisotopic (exact) mass is 320 g/mol. The molecule has 1 unspecified atom stereocenters. The number of hydrogen-bond donors (Lipinski definition) is 1. The first kappa shape index (κ1) is 14.8. The van der Waals surface area contributed by atoms with E-state index in [1.165, 1.54) is 12.8 Å². The number of benzene rings is 1. The molecule has 0 spiro atoms. The van der Waals surface area contributed by atoms with Crippen LogP contribution in [0.1, 0.15) is 18.4 Å². The summed E-state index contributed by atoms with van der Waals surface area (Å²) in [5.41, 5.74) is 12.6. The minimum atomic E-state index is -0.0685. The molecule has 0 bridgehead atoms. The highest BCUT2D eigenvalue weighted by atomic mass is 16.2. The Morgan fingerprint density at radius 1 is 1.25 bits per heavy atom. The normalized spacial score (nSPS) is 20.4. The summed E-state index contributed by atoms with van der Waals surface area (Å²) < 4.78 is 0. The number of aromatic nitrogens is 2. The third kappa shape index (κ3) is 3.14. The van der Waals surface area contributed by atoms with Crippen LogP contribution in [0, 0.1) is 5.92 Å². The van der Waals surface area contributed by atoms with Crippen LogP contribution in [-0.4, -0.2) is 26.9 Å². The first-order valence-electron chi connectivity index (χ1n) is 8.06. The van der Waals surface area contributed by atoms with E-state index in [0.717, 1.165) is 11.1 Å². The summed E-state index contributed by atoms with van der Waals surface area (Å²) in [5, 5.41) is 1.56. The number of amides is 1. The lowest BCUT2D eigenvalue weighted by Crippen LogP contribution is -2.32. The van der Waals surface area contributed by atoms with Gasteiger partial charge >= 0.3 is 0 Å². The van der Waals surface area contributed by atoms with Crippen LogP contribution in [0.25, 0.3) is 16.8 Å². The lowest BCUT2D eigenvalue weighted by Gasteiger charge is -2.44. The summed E-state index contributed by atoms with van der Waals surface area (Å²) in [5.74, 6) is 1.15. The number of nitrogens with zero attached hydrogens (tertiary/aromatic N) is 4. The first-order valence-corrected chi connectivity index (χ1v) is 8.06. The number of anilines is 1. The second-order valence-electron chi connectivity index (χ2n) is 6.24. The zero-order valence-electron chi connectivity index (χ0n) is 13.2. The molecule has 1 saturated carbocycles. The molecule has 1 aromatic heterocycles. The van der Waals surface area contributed by atoms with Gasteiger partial charge in [-0.15, -0.1) is 0 Å². The smallest absolute Gasteiger partial charge is 0.229 e. The van der Waals surface area contributed by atoms with Gasteiger partial charge < -0.3 is 16.2 Å². The molecule has 4 rings (SSSR count). The second-order valence-corrected chi connectivity index (χ2v) is 6.24. The van der Waals surface area contributed by atoms with Crippen molar-refractivity contribution in [3.8, 4) is 11.4 Å². The number of carbonyl (C=O) groups is 1. The molecule has 1 aliphatic carbocycles. The predicted molar refractivity (Wildman–Crippen MR) is 91.4 cm³/mol. The molecule has 24 heavy (non-hydrogen) atoms. The van der Waals surface area contributed by atoms with E-state index in [0.29, 0.717) is 24.0 Å². The van der Waals surface area contributed by atoms with Gasteiger partial charge in [0.1, 0.15) is 0 Å². The van der Waals surface area contributed by atoms with E-state index in [1.54, 1.807) is 23.5 Å². The average molecular weight is 320 g/mol. The van der Waals surface area contributed by atoms with E-state index < -0.39 is 0 Å². The molecule has 0 saturated heterocycles. The van der Waals surface area contributed by atoms with Crippen LogP contribution in [0.2, 0.25) is 0 Å². The number of hydrogen-bond acceptors (Lipinski definition) is 4. The molecule has 2 aromatic rings. The van der Waals surface area contributed by atoms with Crippen molar-refractivity contribution >= 4 is 11.6 Å². The summed E-state index contributed by atoms with van der Waals surface area (Å²) in [6.45, 7) is 0.454. The molecule has 2 aliphatic rings.